The quantitative estimate of drug-likeness (QED) is 0.538. The predicted octanol–water partition coefficient (Wildman–Crippen LogP) is 7.62. The highest BCUT2D eigenvalue weighted by molar-refractivity contribution is 5.37. The zero-order valence-electron chi connectivity index (χ0n) is 16.2. The lowest BCUT2D eigenvalue weighted by Crippen LogP contribution is -2.12. The van der Waals surface area contributed by atoms with E-state index in [1.807, 2.05) is 46.8 Å². The van der Waals surface area contributed by atoms with Gasteiger partial charge in [-0.1, -0.05) is 79.5 Å². The lowest BCUT2D eigenvalue weighted by Gasteiger charge is -2.19. The van der Waals surface area contributed by atoms with Crippen LogP contribution in [-0.4, -0.2) is 0 Å². The molecule has 0 N–H and O–H groups in total. The first-order valence-electron chi connectivity index (χ1n) is 8.66. The molecule has 0 fully saturated rings. The summed E-state index contributed by atoms with van der Waals surface area (Å²) in [6, 6.07) is 5.86. The lowest BCUT2D eigenvalue weighted by atomic mass is 9.91. The van der Waals surface area contributed by atoms with Crippen LogP contribution in [0.15, 0.2) is 18.2 Å². The smallest absolute Gasteiger partial charge is 0.130 e. The third-order valence-electron chi connectivity index (χ3n) is 2.97. The normalized spacial score (nSPS) is 9.29. The minimum atomic E-state index is -1.23. The maximum atomic E-state index is 13.7. The van der Waals surface area contributed by atoms with E-state index in [1.54, 1.807) is 13.8 Å². The number of aryl methyl sites for hydroxylation is 1. The first-order valence-corrected chi connectivity index (χ1v) is 8.66. The van der Waals surface area contributed by atoms with Crippen LogP contribution in [0, 0.1) is 6.92 Å². The Morgan fingerprint density at radius 2 is 1.33 bits per heavy atom. The molecule has 0 saturated heterocycles. The van der Waals surface area contributed by atoms with Gasteiger partial charge in [-0.3, -0.25) is 0 Å². The van der Waals surface area contributed by atoms with Crippen molar-refractivity contribution in [2.75, 3.05) is 0 Å². The van der Waals surface area contributed by atoms with E-state index in [0.717, 1.165) is 17.5 Å². The lowest BCUT2D eigenvalue weighted by molar-refractivity contribution is 0.220. The fourth-order valence-electron chi connectivity index (χ4n) is 1.71. The first-order chi connectivity index (χ1) is 9.88. The van der Waals surface area contributed by atoms with Gasteiger partial charge in [-0.15, -0.1) is 0 Å². The highest BCUT2D eigenvalue weighted by Gasteiger charge is 2.21. The maximum Gasteiger partial charge on any atom is 0.130 e. The molecule has 0 heterocycles. The van der Waals surface area contributed by atoms with E-state index in [2.05, 4.69) is 26.8 Å². The number of rotatable bonds is 3. The molecule has 0 atom stereocenters. The van der Waals surface area contributed by atoms with Gasteiger partial charge in [0.05, 0.1) is 0 Å². The predicted molar refractivity (Wildman–Crippen MR) is 98.0 cm³/mol. The monoisotopic (exact) mass is 298 g/mol. The number of hydrogen-bond acceptors (Lipinski definition) is 0. The molecule has 1 aromatic carbocycles. The van der Waals surface area contributed by atoms with Crippen molar-refractivity contribution in [2.24, 2.45) is 0 Å². The Morgan fingerprint density at radius 1 is 0.905 bits per heavy atom. The van der Waals surface area contributed by atoms with Crippen LogP contribution in [0.4, 0.5) is 4.39 Å². The van der Waals surface area contributed by atoms with Gasteiger partial charge in [0.25, 0.3) is 0 Å². The van der Waals surface area contributed by atoms with Crippen LogP contribution < -0.4 is 0 Å². The van der Waals surface area contributed by atoms with Crippen molar-refractivity contribution >= 4 is 0 Å². The summed E-state index contributed by atoms with van der Waals surface area (Å²) in [6.07, 6.45) is 3.61. The van der Waals surface area contributed by atoms with Crippen LogP contribution >= 0.6 is 0 Å². The summed E-state index contributed by atoms with van der Waals surface area (Å²) >= 11 is 0. The molecule has 1 aromatic rings. The summed E-state index contributed by atoms with van der Waals surface area (Å²) in [5, 5.41) is 0. The standard InChI is InChI=1S/C12H17F.C4H10.2C2H6/c1-5-10-7-6-8-11(9(10)2)12(3,4)13;1-3-4-2;2*1-2/h6-8H,5H2,1-4H3;3-4H2,1-2H3;2*1-2H3. The van der Waals surface area contributed by atoms with E-state index in [9.17, 15) is 4.39 Å². The molecule has 0 bridgehead atoms. The molecule has 0 spiro atoms. The molecule has 0 aliphatic carbocycles. The highest BCUT2D eigenvalue weighted by Crippen LogP contribution is 2.29. The number of halogens is 1. The molecule has 0 aromatic heterocycles. The van der Waals surface area contributed by atoms with E-state index < -0.39 is 5.67 Å². The van der Waals surface area contributed by atoms with Crippen molar-refractivity contribution in [1.29, 1.82) is 0 Å². The molecule has 126 valence electrons. The van der Waals surface area contributed by atoms with Crippen LogP contribution in [-0.2, 0) is 12.1 Å². The zero-order chi connectivity index (χ0) is 17.5. The summed E-state index contributed by atoms with van der Waals surface area (Å²) in [5.41, 5.74) is 1.92. The Balaban J connectivity index is -0.000000343. The second-order valence-electron chi connectivity index (χ2n) is 4.92. The largest absolute Gasteiger partial charge is 0.239 e. The molecule has 0 aliphatic rings. The highest BCUT2D eigenvalue weighted by atomic mass is 19.1. The van der Waals surface area contributed by atoms with Crippen molar-refractivity contribution in [2.45, 2.75) is 94.2 Å². The van der Waals surface area contributed by atoms with Crippen molar-refractivity contribution in [3.8, 4) is 0 Å². The van der Waals surface area contributed by atoms with Gasteiger partial charge in [-0.25, -0.2) is 4.39 Å². The summed E-state index contributed by atoms with van der Waals surface area (Å²) in [5.74, 6) is 0. The van der Waals surface area contributed by atoms with Crippen molar-refractivity contribution < 1.29 is 4.39 Å². The molecule has 0 radical (unpaired) electrons. The van der Waals surface area contributed by atoms with E-state index in [0.29, 0.717) is 0 Å². The minimum Gasteiger partial charge on any atom is -0.239 e. The molecule has 21 heavy (non-hydrogen) atoms. The number of alkyl halides is 1. The number of unbranched alkanes of at least 4 members (excludes halogenated alkanes) is 1. The van der Waals surface area contributed by atoms with Crippen LogP contribution in [0.1, 0.15) is 91.8 Å². The third kappa shape index (κ3) is 11.5. The van der Waals surface area contributed by atoms with Crippen LogP contribution in [0.5, 0.6) is 0 Å². The van der Waals surface area contributed by atoms with E-state index in [1.165, 1.54) is 18.4 Å². The Kier molecular flexibility index (Phi) is 18.6. The average Bonchev–Trinajstić information content (AvgIpc) is 2.50. The van der Waals surface area contributed by atoms with Crippen LogP contribution in [0.3, 0.4) is 0 Å². The van der Waals surface area contributed by atoms with Crippen LogP contribution in [0.2, 0.25) is 0 Å². The van der Waals surface area contributed by atoms with E-state index in [4.69, 9.17) is 0 Å². The van der Waals surface area contributed by atoms with Gasteiger partial charge in [-0.2, -0.15) is 0 Å². The third-order valence-corrected chi connectivity index (χ3v) is 2.97. The Bertz CT molecular complexity index is 319. The summed E-state index contributed by atoms with van der Waals surface area (Å²) in [4.78, 5) is 0. The number of benzene rings is 1. The summed E-state index contributed by atoms with van der Waals surface area (Å²) in [6.45, 7) is 19.7. The van der Waals surface area contributed by atoms with Gasteiger partial charge >= 0.3 is 0 Å². The molecule has 0 saturated carbocycles. The average molecular weight is 299 g/mol. The fourth-order valence-corrected chi connectivity index (χ4v) is 1.71. The van der Waals surface area contributed by atoms with Crippen LogP contribution in [0.25, 0.3) is 0 Å². The zero-order valence-corrected chi connectivity index (χ0v) is 16.2. The number of hydrogen-bond donors (Lipinski definition) is 0. The maximum absolute atomic E-state index is 13.7. The molecule has 0 nitrogen and oxygen atoms in total. The van der Waals surface area contributed by atoms with Crippen molar-refractivity contribution in [3.63, 3.8) is 0 Å². The fraction of sp³-hybridized carbons (Fsp3) is 0.700. The van der Waals surface area contributed by atoms with Gasteiger partial charge < -0.3 is 0 Å². The van der Waals surface area contributed by atoms with E-state index >= 15 is 0 Å². The second-order valence-corrected chi connectivity index (χ2v) is 4.92. The summed E-state index contributed by atoms with van der Waals surface area (Å²) in [7, 11) is 0. The van der Waals surface area contributed by atoms with Gasteiger partial charge in [0, 0.05) is 0 Å². The van der Waals surface area contributed by atoms with Crippen molar-refractivity contribution in [1.82, 2.24) is 0 Å². The topological polar surface area (TPSA) is 0 Å². The first kappa shape index (κ1) is 25.1. The Hall–Kier alpha value is -0.850. The minimum absolute atomic E-state index is 0.812. The molecular formula is C20H39F. The molecule has 1 heteroatoms. The Morgan fingerprint density at radius 3 is 1.62 bits per heavy atom. The second kappa shape index (κ2) is 15.5. The van der Waals surface area contributed by atoms with Crippen molar-refractivity contribution in [3.05, 3.63) is 34.9 Å². The molecule has 0 unspecified atom stereocenters. The Labute approximate surface area is 134 Å². The van der Waals surface area contributed by atoms with E-state index in [-0.39, 0.29) is 0 Å². The SMILES string of the molecule is CC.CC.CCCC.CCc1cccc(C(C)(C)F)c1C. The molecule has 0 amide bonds. The summed E-state index contributed by atoms with van der Waals surface area (Å²) < 4.78 is 13.7. The van der Waals surface area contributed by atoms with Gasteiger partial charge in [-0.05, 0) is 43.9 Å². The molecule has 0 aliphatic heterocycles. The van der Waals surface area contributed by atoms with Gasteiger partial charge in [0.1, 0.15) is 5.67 Å². The molecule has 1 rings (SSSR count). The van der Waals surface area contributed by atoms with Gasteiger partial charge in [0.15, 0.2) is 0 Å². The van der Waals surface area contributed by atoms with Gasteiger partial charge in [0.2, 0.25) is 0 Å². The molecular weight excluding hydrogens is 259 g/mol.